The molecule has 1 unspecified atom stereocenters. The van der Waals surface area contributed by atoms with E-state index in [1.807, 2.05) is 41.5 Å². The van der Waals surface area contributed by atoms with E-state index in [-0.39, 0.29) is 28.4 Å². The third-order valence-electron chi connectivity index (χ3n) is 3.69. The highest BCUT2D eigenvalue weighted by Gasteiger charge is 2.24. The van der Waals surface area contributed by atoms with E-state index in [0.717, 1.165) is 0 Å². The van der Waals surface area contributed by atoms with Gasteiger partial charge in [0.2, 0.25) is 11.1 Å². The predicted octanol–water partition coefficient (Wildman–Crippen LogP) is 3.39. The van der Waals surface area contributed by atoms with Crippen LogP contribution in [0.25, 0.3) is 0 Å². The van der Waals surface area contributed by atoms with Gasteiger partial charge in [-0.2, -0.15) is 0 Å². The summed E-state index contributed by atoms with van der Waals surface area (Å²) in [6.45, 7) is 11.5. The minimum absolute atomic E-state index is 0.0137. The minimum Gasteiger partial charge on any atom is -0.326 e. The van der Waals surface area contributed by atoms with Crippen LogP contribution in [0, 0.1) is 5.92 Å². The molecule has 0 aliphatic heterocycles. The number of aromatic nitrogens is 4. The molecule has 0 saturated carbocycles. The standard InChI is InChI=1S/C18H25N5O2S/c1-11(2)16(25)19-14-9-7-13(8-10-14)15(24)12(3)26-17-20-21-22-23(17)18(4,5)6/h7-12H,1-6H3,(H,19,25). The SMILES string of the molecule is CC(C)C(=O)Nc1ccc(C(=O)C(C)Sc2nnnn2C(C)(C)C)cc1. The van der Waals surface area contributed by atoms with Gasteiger partial charge in [-0.05, 0) is 62.4 Å². The monoisotopic (exact) mass is 375 g/mol. The van der Waals surface area contributed by atoms with Crippen molar-refractivity contribution in [3.05, 3.63) is 29.8 Å². The maximum atomic E-state index is 12.7. The summed E-state index contributed by atoms with van der Waals surface area (Å²) in [4.78, 5) is 24.4. The van der Waals surface area contributed by atoms with E-state index in [9.17, 15) is 9.59 Å². The summed E-state index contributed by atoms with van der Waals surface area (Å²) >= 11 is 1.33. The fraction of sp³-hybridized carbons (Fsp3) is 0.500. The lowest BCUT2D eigenvalue weighted by molar-refractivity contribution is -0.118. The van der Waals surface area contributed by atoms with Gasteiger partial charge in [-0.25, -0.2) is 4.68 Å². The van der Waals surface area contributed by atoms with E-state index < -0.39 is 0 Å². The van der Waals surface area contributed by atoms with Crippen molar-refractivity contribution in [3.8, 4) is 0 Å². The molecule has 2 rings (SSSR count). The van der Waals surface area contributed by atoms with E-state index in [1.54, 1.807) is 28.9 Å². The maximum absolute atomic E-state index is 12.7. The molecular weight excluding hydrogens is 350 g/mol. The van der Waals surface area contributed by atoms with E-state index in [2.05, 4.69) is 20.8 Å². The Hall–Kier alpha value is -2.22. The smallest absolute Gasteiger partial charge is 0.226 e. The topological polar surface area (TPSA) is 89.8 Å². The van der Waals surface area contributed by atoms with Crippen LogP contribution in [0.3, 0.4) is 0 Å². The lowest BCUT2D eigenvalue weighted by Gasteiger charge is -2.20. The number of Topliss-reactive ketones (excluding diaryl/α,β-unsaturated/α-hetero) is 1. The van der Waals surface area contributed by atoms with Gasteiger partial charge >= 0.3 is 0 Å². The number of rotatable bonds is 6. The van der Waals surface area contributed by atoms with Crippen molar-refractivity contribution in [2.24, 2.45) is 5.92 Å². The van der Waals surface area contributed by atoms with E-state index in [1.165, 1.54) is 11.8 Å². The van der Waals surface area contributed by atoms with Gasteiger partial charge in [-0.1, -0.05) is 25.6 Å². The molecule has 8 heteroatoms. The maximum Gasteiger partial charge on any atom is 0.226 e. The Kier molecular flexibility index (Phi) is 6.17. The Bertz CT molecular complexity index is 778. The number of nitrogens with one attached hydrogen (secondary N) is 1. The summed E-state index contributed by atoms with van der Waals surface area (Å²) in [5.41, 5.74) is 1.00. The molecule has 1 aromatic carbocycles. The molecule has 1 amide bonds. The average molecular weight is 375 g/mol. The van der Waals surface area contributed by atoms with Crippen molar-refractivity contribution < 1.29 is 9.59 Å². The Morgan fingerprint density at radius 2 is 1.73 bits per heavy atom. The number of carbonyl (C=O) groups excluding carboxylic acids is 2. The summed E-state index contributed by atoms with van der Waals surface area (Å²) in [6, 6.07) is 6.93. The number of ketones is 1. The highest BCUT2D eigenvalue weighted by atomic mass is 32.2. The van der Waals surface area contributed by atoms with Gasteiger partial charge in [0, 0.05) is 17.2 Å². The molecule has 0 fully saturated rings. The molecule has 1 heterocycles. The number of nitrogens with zero attached hydrogens (tertiary/aromatic N) is 4. The van der Waals surface area contributed by atoms with Crippen molar-refractivity contribution in [1.82, 2.24) is 20.2 Å². The second-order valence-corrected chi connectivity index (χ2v) is 8.70. The van der Waals surface area contributed by atoms with Gasteiger partial charge in [-0.15, -0.1) is 5.10 Å². The number of thioether (sulfide) groups is 1. The van der Waals surface area contributed by atoms with Gasteiger partial charge in [0.1, 0.15) is 0 Å². The van der Waals surface area contributed by atoms with Crippen LogP contribution in [-0.4, -0.2) is 37.1 Å². The van der Waals surface area contributed by atoms with Gasteiger partial charge in [-0.3, -0.25) is 9.59 Å². The molecule has 140 valence electrons. The molecule has 2 aromatic rings. The molecule has 0 bridgehead atoms. The highest BCUT2D eigenvalue weighted by Crippen LogP contribution is 2.27. The van der Waals surface area contributed by atoms with E-state index in [0.29, 0.717) is 16.4 Å². The number of benzene rings is 1. The number of carbonyl (C=O) groups is 2. The van der Waals surface area contributed by atoms with Crippen LogP contribution in [0.4, 0.5) is 5.69 Å². The number of anilines is 1. The molecule has 1 atom stereocenters. The van der Waals surface area contributed by atoms with Crippen molar-refractivity contribution in [2.75, 3.05) is 5.32 Å². The first-order chi connectivity index (χ1) is 12.1. The van der Waals surface area contributed by atoms with Gasteiger partial charge < -0.3 is 5.32 Å². The highest BCUT2D eigenvalue weighted by molar-refractivity contribution is 8.00. The number of hydrogen-bond acceptors (Lipinski definition) is 6. The molecule has 0 aliphatic rings. The molecule has 7 nitrogen and oxygen atoms in total. The lowest BCUT2D eigenvalue weighted by atomic mass is 10.1. The van der Waals surface area contributed by atoms with Crippen LogP contribution in [0.5, 0.6) is 0 Å². The first kappa shape index (κ1) is 20.1. The molecular formula is C18H25N5O2S. The zero-order chi connectivity index (χ0) is 19.5. The average Bonchev–Trinajstić information content (AvgIpc) is 3.03. The largest absolute Gasteiger partial charge is 0.326 e. The van der Waals surface area contributed by atoms with E-state index in [4.69, 9.17) is 0 Å². The van der Waals surface area contributed by atoms with Gasteiger partial charge in [0.25, 0.3) is 0 Å². The summed E-state index contributed by atoms with van der Waals surface area (Å²) in [5.74, 6) is -0.163. The Morgan fingerprint density at radius 1 is 1.12 bits per heavy atom. The quantitative estimate of drug-likeness (QED) is 0.615. The number of tetrazole rings is 1. The predicted molar refractivity (Wildman–Crippen MR) is 102 cm³/mol. The van der Waals surface area contributed by atoms with Crippen LogP contribution >= 0.6 is 11.8 Å². The summed E-state index contributed by atoms with van der Waals surface area (Å²) < 4.78 is 1.71. The molecule has 1 N–H and O–H groups in total. The van der Waals surface area contributed by atoms with Crippen LogP contribution in [0.15, 0.2) is 29.4 Å². The Morgan fingerprint density at radius 3 is 2.27 bits per heavy atom. The van der Waals surface area contributed by atoms with Crippen molar-refractivity contribution in [3.63, 3.8) is 0 Å². The number of amides is 1. The van der Waals surface area contributed by atoms with Crippen LogP contribution < -0.4 is 5.32 Å². The fourth-order valence-corrected chi connectivity index (χ4v) is 3.18. The molecule has 26 heavy (non-hydrogen) atoms. The van der Waals surface area contributed by atoms with Crippen molar-refractivity contribution >= 4 is 29.1 Å². The first-order valence-corrected chi connectivity index (χ1v) is 9.38. The third kappa shape index (κ3) is 4.91. The third-order valence-corrected chi connectivity index (χ3v) is 4.72. The molecule has 0 saturated heterocycles. The Balaban J connectivity index is 2.07. The van der Waals surface area contributed by atoms with E-state index >= 15 is 0 Å². The fourth-order valence-electron chi connectivity index (χ4n) is 2.12. The molecule has 0 spiro atoms. The number of hydrogen-bond donors (Lipinski definition) is 1. The zero-order valence-electron chi connectivity index (χ0n) is 16.0. The zero-order valence-corrected chi connectivity index (χ0v) is 16.8. The first-order valence-electron chi connectivity index (χ1n) is 8.50. The Labute approximate surface area is 157 Å². The molecule has 1 aromatic heterocycles. The van der Waals surface area contributed by atoms with Crippen molar-refractivity contribution in [1.29, 1.82) is 0 Å². The van der Waals surface area contributed by atoms with Gasteiger partial charge in [0.15, 0.2) is 5.78 Å². The minimum atomic E-state index is -0.335. The van der Waals surface area contributed by atoms with Crippen LogP contribution in [0.2, 0.25) is 0 Å². The van der Waals surface area contributed by atoms with Crippen LogP contribution in [-0.2, 0) is 10.3 Å². The van der Waals surface area contributed by atoms with Crippen molar-refractivity contribution in [2.45, 2.75) is 57.5 Å². The normalized spacial score (nSPS) is 12.9. The van der Waals surface area contributed by atoms with Crippen LogP contribution in [0.1, 0.15) is 51.9 Å². The second-order valence-electron chi connectivity index (χ2n) is 7.39. The summed E-state index contributed by atoms with van der Waals surface area (Å²) in [7, 11) is 0. The second kappa shape index (κ2) is 7.99. The molecule has 0 aliphatic carbocycles. The van der Waals surface area contributed by atoms with Gasteiger partial charge in [0.05, 0.1) is 10.8 Å². The molecule has 0 radical (unpaired) electrons. The summed E-state index contributed by atoms with van der Waals surface area (Å²) in [5, 5.41) is 14.8. The summed E-state index contributed by atoms with van der Waals surface area (Å²) in [6.07, 6.45) is 0. The lowest BCUT2D eigenvalue weighted by Crippen LogP contribution is -2.25.